The number of aromatic nitrogens is 2. The summed E-state index contributed by atoms with van der Waals surface area (Å²) in [7, 11) is 1.87. The molecule has 2 aromatic heterocycles. The molecular formula is C40H35Cl3N2O8S. The van der Waals surface area contributed by atoms with Gasteiger partial charge in [0, 0.05) is 34.5 Å². The second kappa shape index (κ2) is 15.2. The largest absolute Gasteiger partial charge is 0.497 e. The molecule has 0 amide bonds. The predicted octanol–water partition coefficient (Wildman–Crippen LogP) is 9.90. The van der Waals surface area contributed by atoms with Gasteiger partial charge >= 0.3 is 10.4 Å². The zero-order valence-corrected chi connectivity index (χ0v) is 32.7. The molecule has 0 spiro atoms. The van der Waals surface area contributed by atoms with E-state index in [2.05, 4.69) is 27.9 Å². The Hall–Kier alpha value is -4.78. The molecule has 7 rings (SSSR count). The fourth-order valence-corrected chi connectivity index (χ4v) is 7.80. The quantitative estimate of drug-likeness (QED) is 0.115. The molecule has 7 aromatic rings. The number of rotatable bonds is 13. The minimum atomic E-state index is -4.64. The van der Waals surface area contributed by atoms with Gasteiger partial charge in [-0.2, -0.15) is 8.42 Å². The van der Waals surface area contributed by atoms with Crippen LogP contribution >= 0.6 is 34.8 Å². The fraction of sp³-hybridized carbons (Fsp3) is 0.200. The molecule has 0 atom stereocenters. The Labute approximate surface area is 327 Å². The van der Waals surface area contributed by atoms with Crippen molar-refractivity contribution in [2.24, 2.45) is 0 Å². The third-order valence-corrected chi connectivity index (χ3v) is 10.3. The maximum absolute atomic E-state index is 13.0. The van der Waals surface area contributed by atoms with Crippen LogP contribution in [-0.4, -0.2) is 56.8 Å². The van der Waals surface area contributed by atoms with Gasteiger partial charge in [-0.3, -0.25) is 0 Å². The molecule has 1 N–H and O–H groups in total. The first kappa shape index (κ1) is 37.5. The van der Waals surface area contributed by atoms with Gasteiger partial charge in [-0.15, -0.1) is 0 Å². The standard InChI is InChI=1S/C40H35Cl3N2O8S/c1-48-27-14-8-24(9-15-27)20-21-45-22-31(25-10-16-28(49-2)17-11-25)35-34-30-6-5-7-32(53-54(46,47)52-23-40(41,42)43)36(30)44-37(34)39(51-4)33(38(35)45)26-12-18-29(50-3)19-13-26/h5-19,22,44H,20-21,23H2,1-4H3. The lowest BCUT2D eigenvalue weighted by Crippen LogP contribution is -2.21. The van der Waals surface area contributed by atoms with Crippen molar-refractivity contribution in [3.8, 4) is 51.0 Å². The molecule has 2 heterocycles. The summed E-state index contributed by atoms with van der Waals surface area (Å²) in [5.41, 5.74) is 6.66. The van der Waals surface area contributed by atoms with Gasteiger partial charge in [0.05, 0.1) is 50.6 Å². The maximum atomic E-state index is 13.0. The van der Waals surface area contributed by atoms with E-state index in [4.69, 9.17) is 62.1 Å². The third kappa shape index (κ3) is 7.47. The molecule has 14 heteroatoms. The van der Waals surface area contributed by atoms with Crippen LogP contribution in [0.2, 0.25) is 0 Å². The van der Waals surface area contributed by atoms with Crippen LogP contribution < -0.4 is 23.1 Å². The van der Waals surface area contributed by atoms with Gasteiger partial charge in [0.1, 0.15) is 23.9 Å². The van der Waals surface area contributed by atoms with Crippen LogP contribution in [0.4, 0.5) is 0 Å². The van der Waals surface area contributed by atoms with E-state index in [9.17, 15) is 8.42 Å². The number of methoxy groups -OCH3 is 4. The highest BCUT2D eigenvalue weighted by atomic mass is 35.6. The number of H-pyrrole nitrogens is 1. The van der Waals surface area contributed by atoms with E-state index in [1.807, 2.05) is 66.7 Å². The Bertz CT molecular complexity index is 2560. The van der Waals surface area contributed by atoms with Crippen molar-refractivity contribution in [2.45, 2.75) is 16.8 Å². The summed E-state index contributed by atoms with van der Waals surface area (Å²) in [5.74, 6) is 2.74. The number of hydrogen-bond donors (Lipinski definition) is 1. The molecule has 0 aliphatic rings. The minimum absolute atomic E-state index is 0.0147. The molecule has 0 aliphatic carbocycles. The Morgan fingerprint density at radius 2 is 1.30 bits per heavy atom. The SMILES string of the molecule is COc1ccc(CCn2cc(-c3ccc(OC)cc3)c3c4c([nH]c5c(OS(=O)(=O)OCC(Cl)(Cl)Cl)cccc54)c(OC)c(-c4ccc(OC)cc4)c32)cc1. The first-order chi connectivity index (χ1) is 25.9. The van der Waals surface area contributed by atoms with Crippen LogP contribution in [0.5, 0.6) is 28.7 Å². The zero-order chi connectivity index (χ0) is 38.2. The molecule has 0 fully saturated rings. The Morgan fingerprint density at radius 1 is 0.704 bits per heavy atom. The molecule has 0 aliphatic heterocycles. The van der Waals surface area contributed by atoms with Crippen molar-refractivity contribution in [3.05, 3.63) is 103 Å². The van der Waals surface area contributed by atoms with Gasteiger partial charge in [-0.1, -0.05) is 83.3 Å². The number of aryl methyl sites for hydroxylation is 2. The van der Waals surface area contributed by atoms with E-state index in [1.165, 1.54) is 6.07 Å². The lowest BCUT2D eigenvalue weighted by Gasteiger charge is -2.16. The number of ether oxygens (including phenoxy) is 4. The smallest absolute Gasteiger partial charge is 0.449 e. The second-order valence-corrected chi connectivity index (χ2v) is 16.1. The molecule has 0 bridgehead atoms. The number of fused-ring (bicyclic) bond motifs is 5. The fourth-order valence-electron chi connectivity index (χ4n) is 6.71. The van der Waals surface area contributed by atoms with E-state index >= 15 is 0 Å². The van der Waals surface area contributed by atoms with Gasteiger partial charge in [-0.05, 0) is 65.6 Å². The summed E-state index contributed by atoms with van der Waals surface area (Å²) in [6.45, 7) is -0.121. The van der Waals surface area contributed by atoms with Crippen molar-refractivity contribution in [1.29, 1.82) is 0 Å². The van der Waals surface area contributed by atoms with Gasteiger partial charge in [0.15, 0.2) is 11.5 Å². The van der Waals surface area contributed by atoms with E-state index < -0.39 is 20.8 Å². The van der Waals surface area contributed by atoms with Crippen molar-refractivity contribution in [1.82, 2.24) is 9.55 Å². The molecular weight excluding hydrogens is 775 g/mol. The Kier molecular flexibility index (Phi) is 10.5. The van der Waals surface area contributed by atoms with Gasteiger partial charge in [0.25, 0.3) is 0 Å². The van der Waals surface area contributed by atoms with E-state index in [0.29, 0.717) is 34.5 Å². The number of benzene rings is 5. The number of nitrogens with zero attached hydrogens (tertiary/aromatic N) is 1. The lowest BCUT2D eigenvalue weighted by molar-refractivity contribution is 0.279. The van der Waals surface area contributed by atoms with Crippen molar-refractivity contribution < 1.29 is 35.7 Å². The normalized spacial score (nSPS) is 12.1. The van der Waals surface area contributed by atoms with Crippen molar-refractivity contribution in [2.75, 3.05) is 35.0 Å². The molecule has 10 nitrogen and oxygen atoms in total. The van der Waals surface area contributed by atoms with Crippen LogP contribution in [-0.2, 0) is 27.5 Å². The second-order valence-electron chi connectivity index (χ2n) is 12.3. The van der Waals surface area contributed by atoms with Crippen LogP contribution in [0.3, 0.4) is 0 Å². The first-order valence-corrected chi connectivity index (χ1v) is 19.1. The van der Waals surface area contributed by atoms with E-state index in [1.54, 1.807) is 34.5 Å². The molecule has 5 aromatic carbocycles. The molecule has 0 radical (unpaired) electrons. The predicted molar refractivity (Wildman–Crippen MR) is 214 cm³/mol. The third-order valence-electron chi connectivity index (χ3n) is 9.16. The van der Waals surface area contributed by atoms with Crippen LogP contribution in [0.1, 0.15) is 5.56 Å². The highest BCUT2D eigenvalue weighted by Crippen LogP contribution is 2.51. The minimum Gasteiger partial charge on any atom is -0.497 e. The number of para-hydroxylation sites is 1. The monoisotopic (exact) mass is 808 g/mol. The first-order valence-electron chi connectivity index (χ1n) is 16.7. The van der Waals surface area contributed by atoms with Crippen molar-refractivity contribution in [3.63, 3.8) is 0 Å². The highest BCUT2D eigenvalue weighted by molar-refractivity contribution is 7.82. The van der Waals surface area contributed by atoms with Crippen LogP contribution in [0.25, 0.3) is 55.0 Å². The number of nitrogens with one attached hydrogen (secondary N) is 1. The average molecular weight is 810 g/mol. The summed E-state index contributed by atoms with van der Waals surface area (Å²) in [4.78, 5) is 3.45. The van der Waals surface area contributed by atoms with Crippen LogP contribution in [0.15, 0.2) is 97.2 Å². The molecule has 0 saturated carbocycles. The van der Waals surface area contributed by atoms with Gasteiger partial charge < -0.3 is 32.7 Å². The topological polar surface area (TPSA) is 110 Å². The van der Waals surface area contributed by atoms with Gasteiger partial charge in [-0.25, -0.2) is 4.18 Å². The average Bonchev–Trinajstić information content (AvgIpc) is 3.75. The number of alkyl halides is 3. The molecule has 0 saturated heterocycles. The summed E-state index contributed by atoms with van der Waals surface area (Å²) >= 11 is 17.3. The summed E-state index contributed by atoms with van der Waals surface area (Å²) in [5, 5.41) is 2.40. The van der Waals surface area contributed by atoms with Crippen molar-refractivity contribution >= 4 is 77.9 Å². The Balaban J connectivity index is 1.54. The Morgan fingerprint density at radius 3 is 1.87 bits per heavy atom. The summed E-state index contributed by atoms with van der Waals surface area (Å²) in [6, 6.07) is 28.8. The number of hydrogen-bond acceptors (Lipinski definition) is 8. The van der Waals surface area contributed by atoms with Crippen LogP contribution in [0, 0.1) is 0 Å². The van der Waals surface area contributed by atoms with E-state index in [0.717, 1.165) is 62.0 Å². The van der Waals surface area contributed by atoms with E-state index in [-0.39, 0.29) is 5.75 Å². The maximum Gasteiger partial charge on any atom is 0.449 e. The molecule has 54 heavy (non-hydrogen) atoms. The molecule has 280 valence electrons. The van der Waals surface area contributed by atoms with Gasteiger partial charge in [0.2, 0.25) is 3.79 Å². The number of aromatic amines is 1. The lowest BCUT2D eigenvalue weighted by atomic mass is 9.94. The zero-order valence-electron chi connectivity index (χ0n) is 29.6. The number of halogens is 3. The summed E-state index contributed by atoms with van der Waals surface area (Å²) < 4.78 is 59.2. The molecule has 0 unspecified atom stereocenters. The highest BCUT2D eigenvalue weighted by Gasteiger charge is 2.29. The summed E-state index contributed by atoms with van der Waals surface area (Å²) in [6.07, 6.45) is 2.87.